The molecule has 1 fully saturated rings. The van der Waals surface area contributed by atoms with Crippen LogP contribution in [0.25, 0.3) is 22.0 Å². The highest BCUT2D eigenvalue weighted by molar-refractivity contribution is 6.01. The standard InChI is InChI=1S/C27H30F3N3O3/c1-5-32(26(35)18-7-8-18)14-19-13-20(27(28,29)30)9-10-21(19)25-17(4)33(15-23(34)36-6-2)22-11-12-31-16(3)24(22)25/h9-13,18H,5-8,14-15H2,1-4H3. The van der Waals surface area contributed by atoms with E-state index in [1.165, 1.54) is 6.07 Å². The molecular weight excluding hydrogens is 471 g/mol. The SMILES string of the molecule is CCOC(=O)Cn1c(C)c(-c2ccc(C(F)(F)F)cc2CN(CC)C(=O)C2CC2)c2c(C)nccc21. The monoisotopic (exact) mass is 501 g/mol. The van der Waals surface area contributed by atoms with Crippen molar-refractivity contribution >= 4 is 22.8 Å². The van der Waals surface area contributed by atoms with Gasteiger partial charge in [-0.2, -0.15) is 13.2 Å². The fourth-order valence-corrected chi connectivity index (χ4v) is 4.74. The van der Waals surface area contributed by atoms with Gasteiger partial charge < -0.3 is 14.2 Å². The lowest BCUT2D eigenvalue weighted by Gasteiger charge is -2.24. The summed E-state index contributed by atoms with van der Waals surface area (Å²) in [4.78, 5) is 31.2. The van der Waals surface area contributed by atoms with Crippen molar-refractivity contribution in [1.82, 2.24) is 14.5 Å². The number of carbonyl (C=O) groups excluding carboxylic acids is 2. The average Bonchev–Trinajstić information content (AvgIpc) is 3.63. The number of nitrogens with zero attached hydrogens (tertiary/aromatic N) is 3. The quantitative estimate of drug-likeness (QED) is 0.374. The minimum atomic E-state index is -4.52. The van der Waals surface area contributed by atoms with Gasteiger partial charge in [0.2, 0.25) is 5.91 Å². The fraction of sp³-hybridized carbons (Fsp3) is 0.444. The van der Waals surface area contributed by atoms with Gasteiger partial charge in [-0.25, -0.2) is 0 Å². The number of rotatable bonds is 8. The molecule has 1 saturated carbocycles. The number of hydrogen-bond acceptors (Lipinski definition) is 4. The summed E-state index contributed by atoms with van der Waals surface area (Å²) < 4.78 is 48.0. The summed E-state index contributed by atoms with van der Waals surface area (Å²) in [5.74, 6) is -0.475. The summed E-state index contributed by atoms with van der Waals surface area (Å²) in [6.07, 6.45) is -1.25. The molecule has 0 N–H and O–H groups in total. The van der Waals surface area contributed by atoms with E-state index in [0.29, 0.717) is 34.6 Å². The third kappa shape index (κ3) is 4.96. The van der Waals surface area contributed by atoms with Crippen LogP contribution < -0.4 is 0 Å². The van der Waals surface area contributed by atoms with Crippen molar-refractivity contribution in [2.45, 2.75) is 59.8 Å². The Labute approximate surface area is 208 Å². The second-order valence-electron chi connectivity index (χ2n) is 9.14. The first-order chi connectivity index (χ1) is 17.1. The van der Waals surface area contributed by atoms with E-state index < -0.39 is 17.7 Å². The molecule has 0 aliphatic heterocycles. The van der Waals surface area contributed by atoms with Crippen LogP contribution >= 0.6 is 0 Å². The van der Waals surface area contributed by atoms with E-state index in [1.54, 1.807) is 24.1 Å². The van der Waals surface area contributed by atoms with Crippen LogP contribution in [-0.2, 0) is 33.6 Å². The summed E-state index contributed by atoms with van der Waals surface area (Å²) in [5.41, 5.74) is 3.09. The molecule has 1 amide bonds. The van der Waals surface area contributed by atoms with Gasteiger partial charge in [-0.1, -0.05) is 6.07 Å². The highest BCUT2D eigenvalue weighted by atomic mass is 19.4. The van der Waals surface area contributed by atoms with Crippen LogP contribution in [-0.4, -0.2) is 39.5 Å². The van der Waals surface area contributed by atoms with Crippen LogP contribution in [0, 0.1) is 19.8 Å². The number of amides is 1. The van der Waals surface area contributed by atoms with E-state index in [-0.39, 0.29) is 31.5 Å². The number of benzene rings is 1. The first-order valence-corrected chi connectivity index (χ1v) is 12.2. The molecule has 1 aliphatic carbocycles. The number of hydrogen-bond donors (Lipinski definition) is 0. The normalized spacial score (nSPS) is 13.8. The Morgan fingerprint density at radius 1 is 1.17 bits per heavy atom. The zero-order valence-electron chi connectivity index (χ0n) is 20.9. The number of fused-ring (bicyclic) bond motifs is 1. The van der Waals surface area contributed by atoms with Gasteiger partial charge in [0, 0.05) is 47.5 Å². The number of aryl methyl sites for hydroxylation is 1. The summed E-state index contributed by atoms with van der Waals surface area (Å²) in [5, 5.41) is 0.761. The minimum Gasteiger partial charge on any atom is -0.465 e. The lowest BCUT2D eigenvalue weighted by molar-refractivity contribution is -0.143. The number of pyridine rings is 1. The smallest absolute Gasteiger partial charge is 0.416 e. The maximum atomic E-state index is 13.7. The minimum absolute atomic E-state index is 0.0276. The molecule has 36 heavy (non-hydrogen) atoms. The average molecular weight is 502 g/mol. The molecule has 0 atom stereocenters. The molecule has 0 unspecified atom stereocenters. The summed E-state index contributed by atoms with van der Waals surface area (Å²) in [6, 6.07) is 5.46. The lowest BCUT2D eigenvalue weighted by Crippen LogP contribution is -2.31. The van der Waals surface area contributed by atoms with Gasteiger partial charge in [-0.15, -0.1) is 0 Å². The van der Waals surface area contributed by atoms with Crippen LogP contribution in [0.1, 0.15) is 49.2 Å². The van der Waals surface area contributed by atoms with E-state index >= 15 is 0 Å². The van der Waals surface area contributed by atoms with Crippen LogP contribution in [0.3, 0.4) is 0 Å². The van der Waals surface area contributed by atoms with Crippen molar-refractivity contribution in [3.8, 4) is 11.1 Å². The number of halogens is 3. The van der Waals surface area contributed by atoms with Gasteiger partial charge in [-0.3, -0.25) is 14.6 Å². The Morgan fingerprint density at radius 2 is 1.89 bits per heavy atom. The van der Waals surface area contributed by atoms with Crippen molar-refractivity contribution in [2.24, 2.45) is 5.92 Å². The summed E-state index contributed by atoms with van der Waals surface area (Å²) in [6.45, 7) is 7.91. The van der Waals surface area contributed by atoms with Crippen molar-refractivity contribution in [3.05, 3.63) is 53.0 Å². The molecule has 4 rings (SSSR count). The Balaban J connectivity index is 1.92. The number of carbonyl (C=O) groups is 2. The predicted octanol–water partition coefficient (Wildman–Crippen LogP) is 5.66. The molecule has 1 aliphatic rings. The molecule has 3 aromatic rings. The molecule has 0 radical (unpaired) electrons. The number of ether oxygens (including phenoxy) is 1. The Hall–Kier alpha value is -3.36. The molecule has 0 spiro atoms. The van der Waals surface area contributed by atoms with Crippen LogP contribution in [0.2, 0.25) is 0 Å². The van der Waals surface area contributed by atoms with Crippen LogP contribution in [0.4, 0.5) is 13.2 Å². The molecule has 192 valence electrons. The van der Waals surface area contributed by atoms with Gasteiger partial charge >= 0.3 is 12.1 Å². The maximum Gasteiger partial charge on any atom is 0.416 e. The zero-order chi connectivity index (χ0) is 26.2. The molecule has 9 heteroatoms. The third-order valence-corrected chi connectivity index (χ3v) is 6.70. The van der Waals surface area contributed by atoms with Crippen molar-refractivity contribution in [3.63, 3.8) is 0 Å². The molecule has 2 heterocycles. The number of aromatic nitrogens is 2. The van der Waals surface area contributed by atoms with E-state index in [9.17, 15) is 22.8 Å². The van der Waals surface area contributed by atoms with Crippen molar-refractivity contribution in [2.75, 3.05) is 13.2 Å². The Morgan fingerprint density at radius 3 is 2.50 bits per heavy atom. The molecule has 0 bridgehead atoms. The Kier molecular flexibility index (Phi) is 7.11. The van der Waals surface area contributed by atoms with Gasteiger partial charge in [0.15, 0.2) is 0 Å². The van der Waals surface area contributed by atoms with Gasteiger partial charge in [0.25, 0.3) is 0 Å². The molecule has 0 saturated heterocycles. The highest BCUT2D eigenvalue weighted by Crippen LogP contribution is 2.41. The summed E-state index contributed by atoms with van der Waals surface area (Å²) in [7, 11) is 0. The Bertz CT molecular complexity index is 1310. The van der Waals surface area contributed by atoms with Gasteiger partial charge in [-0.05, 0) is 69.9 Å². The highest BCUT2D eigenvalue weighted by Gasteiger charge is 2.35. The van der Waals surface area contributed by atoms with Crippen molar-refractivity contribution in [1.29, 1.82) is 0 Å². The lowest BCUT2D eigenvalue weighted by atomic mass is 9.94. The second-order valence-corrected chi connectivity index (χ2v) is 9.14. The van der Waals surface area contributed by atoms with Crippen LogP contribution in [0.15, 0.2) is 30.5 Å². The maximum absolute atomic E-state index is 13.7. The van der Waals surface area contributed by atoms with E-state index in [4.69, 9.17) is 4.74 Å². The van der Waals surface area contributed by atoms with E-state index in [0.717, 1.165) is 35.9 Å². The van der Waals surface area contributed by atoms with Crippen molar-refractivity contribution < 1.29 is 27.5 Å². The first kappa shape index (κ1) is 25.7. The number of alkyl halides is 3. The molecular formula is C27H30F3N3O3. The van der Waals surface area contributed by atoms with Crippen LogP contribution in [0.5, 0.6) is 0 Å². The largest absolute Gasteiger partial charge is 0.465 e. The topological polar surface area (TPSA) is 64.4 Å². The summed E-state index contributed by atoms with van der Waals surface area (Å²) >= 11 is 0. The third-order valence-electron chi connectivity index (χ3n) is 6.70. The first-order valence-electron chi connectivity index (χ1n) is 12.2. The van der Waals surface area contributed by atoms with Gasteiger partial charge in [0.1, 0.15) is 6.54 Å². The molecule has 1 aromatic carbocycles. The van der Waals surface area contributed by atoms with E-state index in [2.05, 4.69) is 4.98 Å². The van der Waals surface area contributed by atoms with Gasteiger partial charge in [0.05, 0.1) is 17.7 Å². The number of esters is 1. The fourth-order valence-electron chi connectivity index (χ4n) is 4.74. The van der Waals surface area contributed by atoms with E-state index in [1.807, 2.05) is 25.3 Å². The molecule has 2 aromatic heterocycles. The predicted molar refractivity (Wildman–Crippen MR) is 130 cm³/mol. The molecule has 6 nitrogen and oxygen atoms in total. The second kappa shape index (κ2) is 9.95. The zero-order valence-corrected chi connectivity index (χ0v) is 20.9.